The molecule has 0 unspecified atom stereocenters. The number of ether oxygens (including phenoxy) is 2. The van der Waals surface area contributed by atoms with Crippen molar-refractivity contribution >= 4 is 17.8 Å². The second-order valence-corrected chi connectivity index (χ2v) is 13.8. The first-order valence-electron chi connectivity index (χ1n) is 18.7. The number of aromatic nitrogens is 2. The lowest BCUT2D eigenvalue weighted by Gasteiger charge is -2.52. The van der Waals surface area contributed by atoms with Crippen LogP contribution in [0.2, 0.25) is 0 Å². The number of carboxylic acid groups (broad SMARTS) is 1. The molecule has 286 valence electrons. The van der Waals surface area contributed by atoms with Crippen LogP contribution in [-0.2, 0) is 33.9 Å². The fourth-order valence-electron chi connectivity index (χ4n) is 7.41. The van der Waals surface area contributed by atoms with Crippen molar-refractivity contribution in [2.75, 3.05) is 13.1 Å². The fourth-order valence-corrected chi connectivity index (χ4v) is 7.41. The lowest BCUT2D eigenvalue weighted by Crippen LogP contribution is -2.61. The molecule has 55 heavy (non-hydrogen) atoms. The van der Waals surface area contributed by atoms with Crippen LogP contribution in [0.15, 0.2) is 118 Å². The third-order valence-corrected chi connectivity index (χ3v) is 9.89. The molecule has 1 fully saturated rings. The maximum Gasteiger partial charge on any atom is 0.434 e. The first-order valence-corrected chi connectivity index (χ1v) is 18.7. The number of aromatic amines is 1. The lowest BCUT2D eigenvalue weighted by molar-refractivity contribution is -0.171. The molecule has 0 aliphatic heterocycles. The van der Waals surface area contributed by atoms with Gasteiger partial charge in [0.1, 0.15) is 23.0 Å². The van der Waals surface area contributed by atoms with E-state index in [4.69, 9.17) is 13.9 Å². The van der Waals surface area contributed by atoms with Crippen LogP contribution in [-0.4, -0.2) is 56.0 Å². The third-order valence-electron chi connectivity index (χ3n) is 9.89. The Labute approximate surface area is 319 Å². The molecule has 12 nitrogen and oxygen atoms in total. The van der Waals surface area contributed by atoms with Gasteiger partial charge in [-0.2, -0.15) is 0 Å². The van der Waals surface area contributed by atoms with E-state index in [1.165, 1.54) is 0 Å². The number of amides is 2. The molecule has 12 heteroatoms. The van der Waals surface area contributed by atoms with Gasteiger partial charge in [0.2, 0.25) is 17.7 Å². The van der Waals surface area contributed by atoms with Gasteiger partial charge in [0.25, 0.3) is 0 Å². The summed E-state index contributed by atoms with van der Waals surface area (Å²) in [5, 5.41) is 16.3. The average Bonchev–Trinajstić information content (AvgIpc) is 3.61. The summed E-state index contributed by atoms with van der Waals surface area (Å²) in [6.45, 7) is 5.32. The molecule has 2 amide bonds. The van der Waals surface area contributed by atoms with E-state index in [2.05, 4.69) is 10.2 Å². The molecule has 0 radical (unpaired) electrons. The molecule has 4 aromatic carbocycles. The minimum atomic E-state index is -1.08. The Morgan fingerprint density at radius 3 is 1.51 bits per heavy atom. The summed E-state index contributed by atoms with van der Waals surface area (Å²) in [7, 11) is 0. The Morgan fingerprint density at radius 2 is 1.11 bits per heavy atom. The zero-order valence-corrected chi connectivity index (χ0v) is 31.0. The molecule has 0 bridgehead atoms. The Bertz CT molecular complexity index is 2070. The summed E-state index contributed by atoms with van der Waals surface area (Å²) in [6.07, 6.45) is 1.01. The normalized spacial score (nSPS) is 17.5. The topological polar surface area (TPSA) is 155 Å². The molecule has 2 N–H and O–H groups in total. The molecule has 0 saturated heterocycles. The quantitative estimate of drug-likeness (QED) is 0.0938. The lowest BCUT2D eigenvalue weighted by atomic mass is 9.53. The zero-order chi connectivity index (χ0) is 38.7. The number of carbonyl (C=O) groups is 3. The highest BCUT2D eigenvalue weighted by atomic mass is 16.5. The Kier molecular flexibility index (Phi) is 12.8. The van der Waals surface area contributed by atoms with Gasteiger partial charge in [-0.15, -0.1) is 5.10 Å². The Hall–Kier alpha value is -6.17. The second kappa shape index (κ2) is 18.2. The first-order chi connectivity index (χ1) is 26.7. The molecule has 6 rings (SSSR count). The van der Waals surface area contributed by atoms with E-state index in [9.17, 15) is 24.3 Å². The molecular weight excluding hydrogens is 700 g/mol. The fraction of sp³-hybridized carbons (Fsp3) is 0.326. The van der Waals surface area contributed by atoms with E-state index in [0.717, 1.165) is 11.1 Å². The van der Waals surface area contributed by atoms with Crippen molar-refractivity contribution in [3.8, 4) is 23.0 Å². The number of hydrogen-bond donors (Lipinski definition) is 2. The highest BCUT2D eigenvalue weighted by molar-refractivity contribution is 5.91. The van der Waals surface area contributed by atoms with E-state index in [1.807, 2.05) is 123 Å². The number of carbonyl (C=O) groups excluding carboxylic acids is 2. The van der Waals surface area contributed by atoms with Gasteiger partial charge in [0, 0.05) is 39.0 Å². The van der Waals surface area contributed by atoms with Crippen molar-refractivity contribution < 1.29 is 33.4 Å². The molecule has 1 aliphatic carbocycles. The second-order valence-electron chi connectivity index (χ2n) is 13.8. The predicted molar refractivity (Wildman–Crippen MR) is 204 cm³/mol. The van der Waals surface area contributed by atoms with E-state index in [0.29, 0.717) is 48.9 Å². The van der Waals surface area contributed by atoms with E-state index >= 15 is 0 Å². The highest BCUT2D eigenvalue weighted by Crippen LogP contribution is 2.51. The summed E-state index contributed by atoms with van der Waals surface area (Å²) in [5.41, 5.74) is 1.73. The molecule has 0 spiro atoms. The monoisotopic (exact) mass is 746 g/mol. The Balaban J connectivity index is 1.26. The maximum absolute atomic E-state index is 14.8. The first kappa shape index (κ1) is 38.6. The van der Waals surface area contributed by atoms with Gasteiger partial charge in [0.15, 0.2) is 0 Å². The molecule has 4 atom stereocenters. The summed E-state index contributed by atoms with van der Waals surface area (Å²) >= 11 is 0. The zero-order valence-electron chi connectivity index (χ0n) is 31.0. The van der Waals surface area contributed by atoms with Crippen LogP contribution < -0.4 is 15.2 Å². The molecule has 5 aromatic rings. The van der Waals surface area contributed by atoms with Gasteiger partial charge >= 0.3 is 11.7 Å². The summed E-state index contributed by atoms with van der Waals surface area (Å²) in [4.78, 5) is 57.0. The number of aliphatic carboxylic acids is 1. The van der Waals surface area contributed by atoms with Gasteiger partial charge < -0.3 is 28.8 Å². The summed E-state index contributed by atoms with van der Waals surface area (Å²) in [5.74, 6) is -2.67. The number of nitrogens with one attached hydrogen (secondary N) is 1. The number of rotatable bonds is 18. The van der Waals surface area contributed by atoms with Gasteiger partial charge in [0.05, 0.1) is 11.8 Å². The number of H-pyrrole nitrogens is 1. The van der Waals surface area contributed by atoms with Crippen LogP contribution >= 0.6 is 0 Å². The van der Waals surface area contributed by atoms with Crippen LogP contribution in [0.4, 0.5) is 0 Å². The smallest absolute Gasteiger partial charge is 0.434 e. The SMILES string of the molecule is CCCN(Cc1ccc(Oc2ccccc2)cc1)C(=O)[C@H]1[C@@H](CC(=O)O)[C@H](Cc2n[nH]c(=O)o2)[C@@H]1C(=O)N(CCC)Cc1ccc(Oc2ccccc2)cc1. The van der Waals surface area contributed by atoms with Crippen molar-refractivity contribution in [2.24, 2.45) is 23.7 Å². The van der Waals surface area contributed by atoms with E-state index in [-0.39, 0.29) is 43.6 Å². The molecular formula is C43H46N4O8. The van der Waals surface area contributed by atoms with Crippen molar-refractivity contribution in [1.82, 2.24) is 20.0 Å². The standard InChI is InChI=1S/C43H46N4O8/c1-3-23-46(27-29-15-19-33(20-16-29)53-31-11-7-5-8-12-31)41(50)39-35(25-37-44-45-43(52)55-37)36(26-38(48)49)40(39)42(51)47(24-4-2)28-30-17-21-34(22-18-30)54-32-13-9-6-10-14-32/h5-22,35-36,39-40H,3-4,23-28H2,1-2H3,(H,45,52)(H,48,49)/t35-,36-,39-,40-/m0/s1. The molecule has 1 saturated carbocycles. The highest BCUT2D eigenvalue weighted by Gasteiger charge is 2.59. The van der Waals surface area contributed by atoms with Crippen molar-refractivity contribution in [1.29, 1.82) is 0 Å². The molecule has 1 aromatic heterocycles. The van der Waals surface area contributed by atoms with Gasteiger partial charge in [-0.3, -0.25) is 14.4 Å². The minimum Gasteiger partial charge on any atom is -0.481 e. The largest absolute Gasteiger partial charge is 0.481 e. The van der Waals surface area contributed by atoms with Crippen molar-refractivity contribution in [3.05, 3.63) is 137 Å². The number of carboxylic acids is 1. The van der Waals surface area contributed by atoms with Crippen LogP contribution in [0.25, 0.3) is 0 Å². The number of nitrogens with zero attached hydrogens (tertiary/aromatic N) is 3. The molecule has 1 aliphatic rings. The molecule has 1 heterocycles. The number of benzene rings is 4. The third kappa shape index (κ3) is 9.88. The van der Waals surface area contributed by atoms with E-state index < -0.39 is 35.4 Å². The van der Waals surface area contributed by atoms with Gasteiger partial charge in [-0.1, -0.05) is 74.5 Å². The number of hydrogen-bond acceptors (Lipinski definition) is 8. The number of para-hydroxylation sites is 2. The summed E-state index contributed by atoms with van der Waals surface area (Å²) in [6, 6.07) is 33.9. The van der Waals surface area contributed by atoms with Crippen molar-refractivity contribution in [3.63, 3.8) is 0 Å². The minimum absolute atomic E-state index is 0.0268. The Morgan fingerprint density at radius 1 is 0.673 bits per heavy atom. The maximum atomic E-state index is 14.8. The van der Waals surface area contributed by atoms with Crippen LogP contribution in [0.3, 0.4) is 0 Å². The van der Waals surface area contributed by atoms with Crippen molar-refractivity contribution in [2.45, 2.75) is 52.6 Å². The van der Waals surface area contributed by atoms with Crippen LogP contribution in [0, 0.1) is 23.7 Å². The average molecular weight is 747 g/mol. The van der Waals surface area contributed by atoms with E-state index in [1.54, 1.807) is 9.80 Å². The van der Waals surface area contributed by atoms with Crippen LogP contribution in [0.1, 0.15) is 50.1 Å². The van der Waals surface area contributed by atoms with Crippen LogP contribution in [0.5, 0.6) is 23.0 Å². The van der Waals surface area contributed by atoms with Gasteiger partial charge in [-0.05, 0) is 84.3 Å². The van der Waals surface area contributed by atoms with Gasteiger partial charge in [-0.25, -0.2) is 9.89 Å². The predicted octanol–water partition coefficient (Wildman–Crippen LogP) is 7.32. The summed E-state index contributed by atoms with van der Waals surface area (Å²) < 4.78 is 17.1.